The van der Waals surface area contributed by atoms with Gasteiger partial charge in [0.1, 0.15) is 6.04 Å². The highest BCUT2D eigenvalue weighted by Crippen LogP contribution is 2.25. The lowest BCUT2D eigenvalue weighted by Crippen LogP contribution is -2.52. The highest BCUT2D eigenvalue weighted by molar-refractivity contribution is 7.98. The molecule has 0 aliphatic carbocycles. The SMILES string of the molecule is CC[C@@H](C)NC(=O)[C@H](Cc1ccccc1)N(Cc1ccc(Cl)cc1Cl)C(=O)CCSCc1ccccc1. The molecule has 0 heterocycles. The molecular formula is C30H34Cl2N2O2S. The van der Waals surface area contributed by atoms with Crippen molar-refractivity contribution in [2.45, 2.75) is 57.5 Å². The fraction of sp³-hybridized carbons (Fsp3) is 0.333. The molecule has 0 bridgehead atoms. The summed E-state index contributed by atoms with van der Waals surface area (Å²) in [7, 11) is 0. The topological polar surface area (TPSA) is 49.4 Å². The minimum Gasteiger partial charge on any atom is -0.352 e. The van der Waals surface area contributed by atoms with Gasteiger partial charge in [-0.25, -0.2) is 0 Å². The number of nitrogens with one attached hydrogen (secondary N) is 1. The number of nitrogens with zero attached hydrogens (tertiary/aromatic N) is 1. The molecule has 0 fully saturated rings. The highest BCUT2D eigenvalue weighted by Gasteiger charge is 2.31. The van der Waals surface area contributed by atoms with Gasteiger partial charge in [0.15, 0.2) is 0 Å². The van der Waals surface area contributed by atoms with E-state index < -0.39 is 6.04 Å². The van der Waals surface area contributed by atoms with Gasteiger partial charge < -0.3 is 10.2 Å². The lowest BCUT2D eigenvalue weighted by atomic mass is 10.0. The molecule has 3 aromatic carbocycles. The number of hydrogen-bond donors (Lipinski definition) is 1. The molecule has 3 rings (SSSR count). The maximum absolute atomic E-state index is 13.7. The van der Waals surface area contributed by atoms with Crippen LogP contribution in [-0.4, -0.2) is 34.6 Å². The lowest BCUT2D eigenvalue weighted by molar-refractivity contribution is -0.141. The minimum absolute atomic E-state index is 0.00303. The smallest absolute Gasteiger partial charge is 0.243 e. The van der Waals surface area contributed by atoms with Crippen molar-refractivity contribution in [1.29, 1.82) is 0 Å². The number of amides is 2. The number of rotatable bonds is 13. The quantitative estimate of drug-likeness (QED) is 0.227. The lowest BCUT2D eigenvalue weighted by Gasteiger charge is -2.32. The van der Waals surface area contributed by atoms with Crippen molar-refractivity contribution in [3.63, 3.8) is 0 Å². The van der Waals surface area contributed by atoms with Crippen LogP contribution in [0.25, 0.3) is 0 Å². The van der Waals surface area contributed by atoms with Gasteiger partial charge in [0.2, 0.25) is 11.8 Å². The predicted octanol–water partition coefficient (Wildman–Crippen LogP) is 7.17. The van der Waals surface area contributed by atoms with Crippen LogP contribution in [0.5, 0.6) is 0 Å². The van der Waals surface area contributed by atoms with Gasteiger partial charge in [-0.3, -0.25) is 9.59 Å². The van der Waals surface area contributed by atoms with E-state index in [1.807, 2.05) is 68.4 Å². The molecule has 0 unspecified atom stereocenters. The van der Waals surface area contributed by atoms with Crippen molar-refractivity contribution >= 4 is 46.8 Å². The second-order valence-electron chi connectivity index (χ2n) is 9.07. The van der Waals surface area contributed by atoms with Crippen molar-refractivity contribution in [3.05, 3.63) is 106 Å². The Bertz CT molecular complexity index is 1140. The summed E-state index contributed by atoms with van der Waals surface area (Å²) in [4.78, 5) is 28.9. The van der Waals surface area contributed by atoms with E-state index in [9.17, 15) is 9.59 Å². The third-order valence-corrected chi connectivity index (χ3v) is 7.82. The first kappa shape index (κ1) is 29.1. The summed E-state index contributed by atoms with van der Waals surface area (Å²) in [6, 6.07) is 24.6. The normalized spacial score (nSPS) is 12.5. The highest BCUT2D eigenvalue weighted by atomic mass is 35.5. The number of halogens is 2. The first-order valence-electron chi connectivity index (χ1n) is 12.6. The molecule has 1 N–H and O–H groups in total. The molecule has 0 saturated heterocycles. The van der Waals surface area contributed by atoms with E-state index in [1.165, 1.54) is 5.56 Å². The molecule has 0 aliphatic rings. The van der Waals surface area contributed by atoms with Crippen molar-refractivity contribution in [2.24, 2.45) is 0 Å². The fourth-order valence-corrected chi connectivity index (χ4v) is 5.26. The van der Waals surface area contributed by atoms with E-state index >= 15 is 0 Å². The van der Waals surface area contributed by atoms with Gasteiger partial charge in [0.25, 0.3) is 0 Å². The molecule has 3 aromatic rings. The van der Waals surface area contributed by atoms with Gasteiger partial charge in [-0.1, -0.05) is 96.9 Å². The predicted molar refractivity (Wildman–Crippen MR) is 156 cm³/mol. The standard InChI is InChI=1S/C30H34Cl2N2O2S/c1-3-22(2)33-30(36)28(18-23-10-6-4-7-11-23)34(20-25-14-15-26(31)19-27(25)32)29(35)16-17-37-21-24-12-8-5-9-13-24/h4-15,19,22,28H,3,16-18,20-21H2,1-2H3,(H,33,36)/t22-,28+/m1/s1. The Morgan fingerprint density at radius 2 is 1.59 bits per heavy atom. The number of carbonyl (C=O) groups excluding carboxylic acids is 2. The van der Waals surface area contributed by atoms with Gasteiger partial charge in [-0.2, -0.15) is 11.8 Å². The van der Waals surface area contributed by atoms with Gasteiger partial charge in [-0.15, -0.1) is 0 Å². The summed E-state index contributed by atoms with van der Waals surface area (Å²) in [5.74, 6) is 1.25. The number of hydrogen-bond acceptors (Lipinski definition) is 3. The molecule has 0 aromatic heterocycles. The Balaban J connectivity index is 1.84. The van der Waals surface area contributed by atoms with Crippen LogP contribution in [0, 0.1) is 0 Å². The molecule has 37 heavy (non-hydrogen) atoms. The number of benzene rings is 3. The van der Waals surface area contributed by atoms with E-state index in [0.29, 0.717) is 28.6 Å². The summed E-state index contributed by atoms with van der Waals surface area (Å²) in [6.45, 7) is 4.22. The Morgan fingerprint density at radius 1 is 0.946 bits per heavy atom. The van der Waals surface area contributed by atoms with E-state index in [4.69, 9.17) is 23.2 Å². The average molecular weight is 558 g/mol. The minimum atomic E-state index is -0.672. The molecule has 7 heteroatoms. The second kappa shape index (κ2) is 15.1. The largest absolute Gasteiger partial charge is 0.352 e. The van der Waals surface area contributed by atoms with Crippen LogP contribution in [0.1, 0.15) is 43.4 Å². The van der Waals surface area contributed by atoms with Crippen molar-refractivity contribution in [3.8, 4) is 0 Å². The Kier molecular flexibility index (Phi) is 11.8. The summed E-state index contributed by atoms with van der Waals surface area (Å²) in [6.07, 6.45) is 1.54. The summed E-state index contributed by atoms with van der Waals surface area (Å²) < 4.78 is 0. The maximum Gasteiger partial charge on any atom is 0.243 e. The van der Waals surface area contributed by atoms with Crippen LogP contribution in [0.3, 0.4) is 0 Å². The molecular weight excluding hydrogens is 523 g/mol. The van der Waals surface area contributed by atoms with Crippen LogP contribution >= 0.6 is 35.0 Å². The Morgan fingerprint density at radius 3 is 2.22 bits per heavy atom. The molecule has 0 aliphatic heterocycles. The monoisotopic (exact) mass is 556 g/mol. The van der Waals surface area contributed by atoms with Crippen LogP contribution < -0.4 is 5.32 Å². The molecule has 0 radical (unpaired) electrons. The second-order valence-corrected chi connectivity index (χ2v) is 11.0. The Labute approximate surface area is 234 Å². The molecule has 0 spiro atoms. The molecule has 2 amide bonds. The van der Waals surface area contributed by atoms with E-state index in [-0.39, 0.29) is 24.4 Å². The van der Waals surface area contributed by atoms with Gasteiger partial charge in [0.05, 0.1) is 0 Å². The zero-order chi connectivity index (χ0) is 26.6. The van der Waals surface area contributed by atoms with E-state index in [1.54, 1.807) is 28.8 Å². The molecule has 4 nitrogen and oxygen atoms in total. The van der Waals surface area contributed by atoms with Gasteiger partial charge >= 0.3 is 0 Å². The first-order chi connectivity index (χ1) is 17.9. The first-order valence-corrected chi connectivity index (χ1v) is 14.5. The van der Waals surface area contributed by atoms with Gasteiger partial charge in [0, 0.05) is 47.0 Å². The Hall–Kier alpha value is -2.47. The van der Waals surface area contributed by atoms with Crippen LogP contribution in [-0.2, 0) is 28.3 Å². The molecule has 196 valence electrons. The zero-order valence-electron chi connectivity index (χ0n) is 21.3. The summed E-state index contributed by atoms with van der Waals surface area (Å²) >= 11 is 14.3. The van der Waals surface area contributed by atoms with Crippen LogP contribution in [0.15, 0.2) is 78.9 Å². The van der Waals surface area contributed by atoms with Gasteiger partial charge in [-0.05, 0) is 42.2 Å². The number of carbonyl (C=O) groups is 2. The van der Waals surface area contributed by atoms with E-state index in [0.717, 1.165) is 23.3 Å². The van der Waals surface area contributed by atoms with Crippen molar-refractivity contribution < 1.29 is 9.59 Å². The third kappa shape index (κ3) is 9.41. The third-order valence-electron chi connectivity index (χ3n) is 6.20. The summed E-state index contributed by atoms with van der Waals surface area (Å²) in [5, 5.41) is 4.09. The zero-order valence-corrected chi connectivity index (χ0v) is 23.7. The van der Waals surface area contributed by atoms with Crippen LogP contribution in [0.4, 0.5) is 0 Å². The molecule has 2 atom stereocenters. The maximum atomic E-state index is 13.7. The summed E-state index contributed by atoms with van der Waals surface area (Å²) in [5.41, 5.74) is 2.97. The van der Waals surface area contributed by atoms with Crippen LogP contribution in [0.2, 0.25) is 10.0 Å². The van der Waals surface area contributed by atoms with Crippen molar-refractivity contribution in [1.82, 2.24) is 10.2 Å². The van der Waals surface area contributed by atoms with E-state index in [2.05, 4.69) is 17.4 Å². The molecule has 0 saturated carbocycles. The van der Waals surface area contributed by atoms with Crippen molar-refractivity contribution in [2.75, 3.05) is 5.75 Å². The fourth-order valence-electron chi connectivity index (χ4n) is 3.90. The average Bonchev–Trinajstić information content (AvgIpc) is 2.90. The number of thioether (sulfide) groups is 1.